The molecule has 18 heavy (non-hydrogen) atoms. The summed E-state index contributed by atoms with van der Waals surface area (Å²) in [5.41, 5.74) is 5.70. The number of pyridine rings is 1. The van der Waals surface area contributed by atoms with E-state index in [0.717, 1.165) is 28.5 Å². The van der Waals surface area contributed by atoms with Crippen LogP contribution in [0.25, 0.3) is 0 Å². The largest absolute Gasteiger partial charge is 0.444 e. The second-order valence-corrected chi connectivity index (χ2v) is 6.75. The SMILES string of the molecule is CC(C)(CC1(c2ccc(I)cn2)CC1)OC(N)=O. The molecule has 1 fully saturated rings. The van der Waals surface area contributed by atoms with Gasteiger partial charge in [0.15, 0.2) is 0 Å². The van der Waals surface area contributed by atoms with Crippen LogP contribution in [0, 0.1) is 3.57 Å². The maximum atomic E-state index is 10.9. The summed E-state index contributed by atoms with van der Waals surface area (Å²) in [5.74, 6) is 0. The van der Waals surface area contributed by atoms with Crippen LogP contribution < -0.4 is 5.73 Å². The van der Waals surface area contributed by atoms with Crippen LogP contribution in [0.2, 0.25) is 0 Å². The van der Waals surface area contributed by atoms with Crippen molar-refractivity contribution in [2.24, 2.45) is 5.73 Å². The number of halogens is 1. The molecule has 0 spiro atoms. The predicted molar refractivity (Wildman–Crippen MR) is 77.2 cm³/mol. The molecule has 1 aliphatic rings. The van der Waals surface area contributed by atoms with Crippen LogP contribution in [0.3, 0.4) is 0 Å². The summed E-state index contributed by atoms with van der Waals surface area (Å²) in [6.07, 6.45) is 4.10. The van der Waals surface area contributed by atoms with Crippen molar-refractivity contribution in [1.82, 2.24) is 4.98 Å². The lowest BCUT2D eigenvalue weighted by molar-refractivity contribution is 0.0309. The van der Waals surface area contributed by atoms with Crippen molar-refractivity contribution in [2.75, 3.05) is 0 Å². The zero-order valence-corrected chi connectivity index (χ0v) is 12.7. The van der Waals surface area contributed by atoms with Gasteiger partial charge in [-0.25, -0.2) is 4.79 Å². The van der Waals surface area contributed by atoms with Gasteiger partial charge in [-0.3, -0.25) is 4.98 Å². The minimum atomic E-state index is -0.716. The fourth-order valence-corrected chi connectivity index (χ4v) is 2.81. The van der Waals surface area contributed by atoms with Gasteiger partial charge < -0.3 is 10.5 Å². The van der Waals surface area contributed by atoms with Crippen molar-refractivity contribution in [3.05, 3.63) is 27.6 Å². The molecule has 0 aromatic carbocycles. The third-order valence-electron chi connectivity index (χ3n) is 3.27. The van der Waals surface area contributed by atoms with E-state index in [9.17, 15) is 4.79 Å². The number of amides is 1. The van der Waals surface area contributed by atoms with Crippen LogP contribution in [-0.2, 0) is 10.2 Å². The molecule has 0 saturated heterocycles. The number of carbonyl (C=O) groups excluding carboxylic acids is 1. The molecule has 98 valence electrons. The Hall–Kier alpha value is -0.850. The van der Waals surface area contributed by atoms with Crippen molar-refractivity contribution >= 4 is 28.7 Å². The molecule has 2 N–H and O–H groups in total. The summed E-state index contributed by atoms with van der Waals surface area (Å²) in [5, 5.41) is 0. The summed E-state index contributed by atoms with van der Waals surface area (Å²) in [6, 6.07) is 4.13. The van der Waals surface area contributed by atoms with Gasteiger partial charge >= 0.3 is 6.09 Å². The molecule has 1 amide bonds. The number of hydrogen-bond donors (Lipinski definition) is 1. The van der Waals surface area contributed by atoms with Crippen molar-refractivity contribution in [3.8, 4) is 0 Å². The number of carbonyl (C=O) groups is 1. The molecular formula is C13H17IN2O2. The van der Waals surface area contributed by atoms with E-state index in [1.807, 2.05) is 20.0 Å². The molecule has 2 rings (SSSR count). The lowest BCUT2D eigenvalue weighted by atomic mass is 9.87. The number of rotatable bonds is 4. The number of nitrogens with zero attached hydrogens (tertiary/aromatic N) is 1. The number of nitrogens with two attached hydrogens (primary N) is 1. The standard InChI is InChI=1S/C13H17IN2O2/c1-12(2,18-11(15)17)8-13(5-6-13)10-4-3-9(14)7-16-10/h3-4,7H,5-6,8H2,1-2H3,(H2,15,17). The van der Waals surface area contributed by atoms with Crippen LogP contribution >= 0.6 is 22.6 Å². The average Bonchev–Trinajstić information content (AvgIpc) is 2.96. The fraction of sp³-hybridized carbons (Fsp3) is 0.538. The molecule has 5 heteroatoms. The third kappa shape index (κ3) is 3.13. The second kappa shape index (κ2) is 4.68. The van der Waals surface area contributed by atoms with E-state index in [2.05, 4.69) is 39.7 Å². The summed E-state index contributed by atoms with van der Waals surface area (Å²) in [6.45, 7) is 3.79. The van der Waals surface area contributed by atoms with E-state index < -0.39 is 11.7 Å². The van der Waals surface area contributed by atoms with Gasteiger partial charge in [0.05, 0.1) is 0 Å². The third-order valence-corrected chi connectivity index (χ3v) is 3.90. The molecule has 1 aromatic rings. The molecule has 1 saturated carbocycles. The number of aromatic nitrogens is 1. The van der Waals surface area contributed by atoms with Crippen molar-refractivity contribution in [3.63, 3.8) is 0 Å². The van der Waals surface area contributed by atoms with Gasteiger partial charge in [-0.1, -0.05) is 0 Å². The Labute approximate surface area is 120 Å². The van der Waals surface area contributed by atoms with Crippen LogP contribution in [0.5, 0.6) is 0 Å². The van der Waals surface area contributed by atoms with Crippen molar-refractivity contribution < 1.29 is 9.53 Å². The van der Waals surface area contributed by atoms with E-state index in [4.69, 9.17) is 10.5 Å². The highest BCUT2D eigenvalue weighted by Gasteiger charge is 2.49. The lowest BCUT2D eigenvalue weighted by Crippen LogP contribution is -2.35. The number of primary amides is 1. The first-order chi connectivity index (χ1) is 8.33. The Morgan fingerprint density at radius 3 is 2.67 bits per heavy atom. The highest BCUT2D eigenvalue weighted by molar-refractivity contribution is 14.1. The van der Waals surface area contributed by atoms with Crippen LogP contribution in [-0.4, -0.2) is 16.7 Å². The van der Waals surface area contributed by atoms with Gasteiger partial charge in [-0.15, -0.1) is 0 Å². The minimum absolute atomic E-state index is 0.0588. The summed E-state index contributed by atoms with van der Waals surface area (Å²) in [7, 11) is 0. The average molecular weight is 360 g/mol. The van der Waals surface area contributed by atoms with Gasteiger partial charge in [0.2, 0.25) is 0 Å². The quantitative estimate of drug-likeness (QED) is 0.840. The Balaban J connectivity index is 2.13. The van der Waals surface area contributed by atoms with Crippen molar-refractivity contribution in [2.45, 2.75) is 44.1 Å². The minimum Gasteiger partial charge on any atom is -0.444 e. The van der Waals surface area contributed by atoms with Crippen LogP contribution in [0.4, 0.5) is 4.79 Å². The zero-order chi connectivity index (χ0) is 13.4. The Kier molecular flexibility index (Phi) is 3.53. The van der Waals surface area contributed by atoms with E-state index in [0.29, 0.717) is 0 Å². The summed E-state index contributed by atoms with van der Waals surface area (Å²) < 4.78 is 6.29. The Morgan fingerprint density at radius 2 is 2.22 bits per heavy atom. The van der Waals surface area contributed by atoms with E-state index in [-0.39, 0.29) is 5.41 Å². The van der Waals surface area contributed by atoms with E-state index in [1.54, 1.807) is 0 Å². The molecule has 1 aromatic heterocycles. The summed E-state index contributed by atoms with van der Waals surface area (Å²) >= 11 is 2.24. The topological polar surface area (TPSA) is 65.2 Å². The molecule has 0 unspecified atom stereocenters. The van der Waals surface area contributed by atoms with Crippen LogP contribution in [0.15, 0.2) is 18.3 Å². The maximum Gasteiger partial charge on any atom is 0.405 e. The highest BCUT2D eigenvalue weighted by atomic mass is 127. The molecule has 0 bridgehead atoms. The molecular weight excluding hydrogens is 343 g/mol. The molecule has 4 nitrogen and oxygen atoms in total. The first-order valence-electron chi connectivity index (χ1n) is 5.94. The maximum absolute atomic E-state index is 10.9. The zero-order valence-electron chi connectivity index (χ0n) is 10.6. The smallest absolute Gasteiger partial charge is 0.405 e. The van der Waals surface area contributed by atoms with Crippen LogP contribution in [0.1, 0.15) is 38.8 Å². The summed E-state index contributed by atoms with van der Waals surface area (Å²) in [4.78, 5) is 15.4. The highest BCUT2D eigenvalue weighted by Crippen LogP contribution is 2.53. The first-order valence-corrected chi connectivity index (χ1v) is 7.01. The number of ether oxygens (including phenoxy) is 1. The Morgan fingerprint density at radius 1 is 1.56 bits per heavy atom. The van der Waals surface area contributed by atoms with E-state index >= 15 is 0 Å². The molecule has 0 aliphatic heterocycles. The van der Waals surface area contributed by atoms with Gasteiger partial charge in [-0.05, 0) is 67.8 Å². The molecule has 1 heterocycles. The lowest BCUT2D eigenvalue weighted by Gasteiger charge is -2.28. The van der Waals surface area contributed by atoms with Crippen molar-refractivity contribution in [1.29, 1.82) is 0 Å². The van der Waals surface area contributed by atoms with Gasteiger partial charge in [0.25, 0.3) is 0 Å². The first kappa shape index (κ1) is 13.6. The monoisotopic (exact) mass is 360 g/mol. The van der Waals surface area contributed by atoms with E-state index in [1.165, 1.54) is 0 Å². The predicted octanol–water partition coefficient (Wildman–Crippen LogP) is 2.98. The number of hydrogen-bond acceptors (Lipinski definition) is 3. The normalized spacial score (nSPS) is 17.3. The second-order valence-electron chi connectivity index (χ2n) is 5.50. The molecule has 0 radical (unpaired) electrons. The van der Waals surface area contributed by atoms with Gasteiger partial charge in [-0.2, -0.15) is 0 Å². The molecule has 1 aliphatic carbocycles. The Bertz CT molecular complexity index is 453. The molecule has 0 atom stereocenters. The van der Waals surface area contributed by atoms with Gasteiger partial charge in [0, 0.05) is 20.9 Å². The van der Waals surface area contributed by atoms with Gasteiger partial charge in [0.1, 0.15) is 5.60 Å². The fourth-order valence-electron chi connectivity index (χ4n) is 2.49.